The molecule has 35 heavy (non-hydrogen) atoms. The molecule has 5 fully saturated rings. The van der Waals surface area contributed by atoms with Crippen molar-refractivity contribution >= 4 is 0 Å². The Labute approximate surface area is 205 Å². The summed E-state index contributed by atoms with van der Waals surface area (Å²) in [5.74, 6) is 1.83. The second-order valence-electron chi connectivity index (χ2n) is 12.2. The molecule has 1 aromatic carbocycles. The highest BCUT2D eigenvalue weighted by atomic mass is 16.5. The van der Waals surface area contributed by atoms with E-state index in [0.717, 1.165) is 49.3 Å². The van der Waals surface area contributed by atoms with Crippen LogP contribution in [0.15, 0.2) is 47.2 Å². The van der Waals surface area contributed by atoms with Crippen LogP contribution in [0, 0.1) is 10.8 Å². The van der Waals surface area contributed by atoms with Gasteiger partial charge in [0.05, 0.1) is 5.56 Å². The minimum absolute atomic E-state index is 0.0381. The lowest BCUT2D eigenvalue weighted by Gasteiger charge is -2.68. The number of benzene rings is 1. The summed E-state index contributed by atoms with van der Waals surface area (Å²) in [5, 5.41) is 26.3. The summed E-state index contributed by atoms with van der Waals surface area (Å²) in [6.07, 6.45) is 8.79. The van der Waals surface area contributed by atoms with Crippen molar-refractivity contribution in [3.63, 3.8) is 0 Å². The van der Waals surface area contributed by atoms with Crippen molar-refractivity contribution in [3.05, 3.63) is 65.2 Å². The third kappa shape index (κ3) is 2.98. The fourth-order valence-corrected chi connectivity index (χ4v) is 7.36. The summed E-state index contributed by atoms with van der Waals surface area (Å²) in [6, 6.07) is 10.5. The lowest BCUT2D eigenvalue weighted by Crippen LogP contribution is -2.66. The van der Waals surface area contributed by atoms with Gasteiger partial charge in [-0.3, -0.25) is 4.98 Å². The van der Waals surface area contributed by atoms with E-state index in [2.05, 4.69) is 53.3 Å². The molecule has 2 aromatic heterocycles. The van der Waals surface area contributed by atoms with Crippen molar-refractivity contribution in [1.82, 2.24) is 20.0 Å². The van der Waals surface area contributed by atoms with Crippen molar-refractivity contribution in [3.8, 4) is 11.5 Å². The Morgan fingerprint density at radius 1 is 1.09 bits per heavy atom. The molecular weight excluding hydrogens is 440 g/mol. The van der Waals surface area contributed by atoms with Crippen LogP contribution in [0.25, 0.3) is 11.5 Å². The molecule has 2 N–H and O–H groups in total. The highest BCUT2D eigenvalue weighted by molar-refractivity contribution is 5.55. The monoisotopic (exact) mass is 472 g/mol. The van der Waals surface area contributed by atoms with Crippen LogP contribution in [-0.2, 0) is 11.0 Å². The van der Waals surface area contributed by atoms with Gasteiger partial charge in [-0.25, -0.2) is 0 Å². The Balaban J connectivity index is 1.24. The van der Waals surface area contributed by atoms with E-state index in [1.165, 1.54) is 18.4 Å². The number of aliphatic hydroxyl groups excluding tert-OH is 1. The van der Waals surface area contributed by atoms with E-state index in [1.54, 1.807) is 12.4 Å². The molecule has 3 aromatic rings. The van der Waals surface area contributed by atoms with Gasteiger partial charge < -0.3 is 19.6 Å². The van der Waals surface area contributed by atoms with Crippen LogP contribution in [-0.4, -0.2) is 57.0 Å². The van der Waals surface area contributed by atoms with Gasteiger partial charge in [0, 0.05) is 48.5 Å². The van der Waals surface area contributed by atoms with Gasteiger partial charge in [-0.2, -0.15) is 4.98 Å². The minimum atomic E-state index is -1.20. The highest BCUT2D eigenvalue weighted by Crippen LogP contribution is 2.72. The summed E-state index contributed by atoms with van der Waals surface area (Å²) in [4.78, 5) is 11.5. The number of hydrogen-bond donors (Lipinski definition) is 2. The molecule has 1 unspecified atom stereocenters. The standard InChI is InChI=1S/C28H32N4O3/c1-25(15-32(2)16-25)28(34,21-7-5-19(6-8-21)18-3-4-18)22-9-20(10-29-11-22)23-30-24(31-35-23)27-12-26(13-27,14-27)17-33/h5-11,18,33-34H,3-4,12-17H2,1-2H3. The minimum Gasteiger partial charge on any atom is -0.396 e. The first-order valence-corrected chi connectivity index (χ1v) is 12.7. The van der Waals surface area contributed by atoms with Crippen LogP contribution >= 0.6 is 0 Å². The van der Waals surface area contributed by atoms with Gasteiger partial charge in [0.2, 0.25) is 0 Å². The van der Waals surface area contributed by atoms with Crippen LogP contribution in [0.3, 0.4) is 0 Å². The van der Waals surface area contributed by atoms with Crippen LogP contribution in [0.1, 0.15) is 67.5 Å². The molecule has 1 atom stereocenters. The van der Waals surface area contributed by atoms with Crippen molar-refractivity contribution in [2.45, 2.75) is 56.0 Å². The molecule has 7 heteroatoms. The zero-order valence-electron chi connectivity index (χ0n) is 20.4. The third-order valence-corrected chi connectivity index (χ3v) is 9.27. The first kappa shape index (κ1) is 21.7. The summed E-state index contributed by atoms with van der Waals surface area (Å²) in [6.45, 7) is 3.97. The molecule has 182 valence electrons. The fourth-order valence-electron chi connectivity index (χ4n) is 7.36. The molecule has 2 bridgehead atoms. The number of pyridine rings is 1. The Hall–Kier alpha value is -2.61. The van der Waals surface area contributed by atoms with E-state index in [0.29, 0.717) is 17.4 Å². The molecule has 4 saturated carbocycles. The quantitative estimate of drug-likeness (QED) is 0.542. The highest BCUT2D eigenvalue weighted by Gasteiger charge is 2.70. The topological polar surface area (TPSA) is 95.5 Å². The predicted octanol–water partition coefficient (Wildman–Crippen LogP) is 3.61. The van der Waals surface area contributed by atoms with Crippen molar-refractivity contribution in [1.29, 1.82) is 0 Å². The maximum Gasteiger partial charge on any atom is 0.259 e. The smallest absolute Gasteiger partial charge is 0.259 e. The van der Waals surface area contributed by atoms with E-state index < -0.39 is 5.60 Å². The van der Waals surface area contributed by atoms with Crippen LogP contribution in [0.2, 0.25) is 0 Å². The van der Waals surface area contributed by atoms with Crippen molar-refractivity contribution in [2.24, 2.45) is 10.8 Å². The van der Waals surface area contributed by atoms with E-state index in [-0.39, 0.29) is 22.9 Å². The third-order valence-electron chi connectivity index (χ3n) is 9.27. The molecule has 5 aliphatic rings. The van der Waals surface area contributed by atoms with E-state index in [1.807, 2.05) is 6.07 Å². The summed E-state index contributed by atoms with van der Waals surface area (Å²) in [5.41, 5.74) is 2.20. The summed E-state index contributed by atoms with van der Waals surface area (Å²) in [7, 11) is 2.08. The Morgan fingerprint density at radius 3 is 2.43 bits per heavy atom. The number of aromatic nitrogens is 3. The normalized spacial score (nSPS) is 30.6. The lowest BCUT2D eigenvalue weighted by molar-refractivity contribution is -0.172. The molecular formula is C28H32N4O3. The SMILES string of the molecule is CN1CC(C)(C(O)(c2ccc(C3CC3)cc2)c2cncc(-c3nc(C45CC(CO)(C4)C5)no3)c2)C1. The zero-order chi connectivity index (χ0) is 24.1. The average Bonchev–Trinajstić information content (AvgIpc) is 3.54. The van der Waals surface area contributed by atoms with Gasteiger partial charge in [0.25, 0.3) is 5.89 Å². The molecule has 3 heterocycles. The molecule has 0 amide bonds. The molecule has 1 aliphatic heterocycles. The molecule has 1 saturated heterocycles. The Kier molecular flexibility index (Phi) is 4.33. The lowest BCUT2D eigenvalue weighted by atomic mass is 9.35. The molecule has 0 radical (unpaired) electrons. The molecule has 4 aliphatic carbocycles. The first-order chi connectivity index (χ1) is 16.8. The maximum absolute atomic E-state index is 12.5. The van der Waals surface area contributed by atoms with Gasteiger partial charge in [-0.1, -0.05) is 36.3 Å². The molecule has 8 rings (SSSR count). The van der Waals surface area contributed by atoms with Gasteiger partial charge >= 0.3 is 0 Å². The Morgan fingerprint density at radius 2 is 1.80 bits per heavy atom. The molecule has 0 spiro atoms. The van der Waals surface area contributed by atoms with Crippen molar-refractivity contribution < 1.29 is 14.7 Å². The van der Waals surface area contributed by atoms with E-state index in [4.69, 9.17) is 9.51 Å². The Bertz CT molecular complexity index is 1270. The second-order valence-corrected chi connectivity index (χ2v) is 12.2. The van der Waals surface area contributed by atoms with Crippen LogP contribution < -0.4 is 0 Å². The zero-order valence-corrected chi connectivity index (χ0v) is 20.4. The largest absolute Gasteiger partial charge is 0.396 e. The van der Waals surface area contributed by atoms with Crippen LogP contribution in [0.5, 0.6) is 0 Å². The van der Waals surface area contributed by atoms with Crippen molar-refractivity contribution in [2.75, 3.05) is 26.7 Å². The summed E-state index contributed by atoms with van der Waals surface area (Å²) >= 11 is 0. The van der Waals surface area contributed by atoms with Gasteiger partial charge in [0.1, 0.15) is 5.60 Å². The maximum atomic E-state index is 12.5. The fraction of sp³-hybridized carbons (Fsp3) is 0.536. The van der Waals surface area contributed by atoms with E-state index >= 15 is 0 Å². The van der Waals surface area contributed by atoms with Crippen LogP contribution in [0.4, 0.5) is 0 Å². The number of rotatable bonds is 7. The average molecular weight is 473 g/mol. The predicted molar refractivity (Wildman–Crippen MR) is 130 cm³/mol. The number of hydrogen-bond acceptors (Lipinski definition) is 7. The van der Waals surface area contributed by atoms with Gasteiger partial charge in [-0.15, -0.1) is 0 Å². The van der Waals surface area contributed by atoms with E-state index in [9.17, 15) is 10.2 Å². The number of likely N-dealkylation sites (tertiary alicyclic amines) is 1. The number of aliphatic hydroxyl groups is 2. The van der Waals surface area contributed by atoms with Gasteiger partial charge in [-0.05, 0) is 67.7 Å². The number of nitrogens with zero attached hydrogens (tertiary/aromatic N) is 4. The molecule has 7 nitrogen and oxygen atoms in total. The summed E-state index contributed by atoms with van der Waals surface area (Å²) < 4.78 is 5.68. The first-order valence-electron chi connectivity index (χ1n) is 12.7. The van der Waals surface area contributed by atoms with Gasteiger partial charge in [0.15, 0.2) is 5.82 Å². The second kappa shape index (κ2) is 6.99.